The van der Waals surface area contributed by atoms with Crippen LogP contribution in [0.15, 0.2) is 30.3 Å². The molecule has 2 rings (SSSR count). The number of hydrogen-bond acceptors (Lipinski definition) is 3. The summed E-state index contributed by atoms with van der Waals surface area (Å²) >= 11 is 6.40. The molecular formula is C15H20ClNO3. The SMILES string of the molecule is CC(C)(Cl)[C@@H]1[C@H](Oc2ccccc2)C(=O)N1CCCO. The third-order valence-corrected chi connectivity index (χ3v) is 3.64. The largest absolute Gasteiger partial charge is 0.478 e. The molecule has 1 N–H and O–H groups in total. The average Bonchev–Trinajstić information content (AvgIpc) is 2.40. The summed E-state index contributed by atoms with van der Waals surface area (Å²) in [4.78, 5) is 13.3. The van der Waals surface area contributed by atoms with Crippen molar-refractivity contribution in [1.29, 1.82) is 0 Å². The number of aliphatic hydroxyl groups excluding tert-OH is 1. The summed E-state index contributed by atoms with van der Waals surface area (Å²) in [6, 6.07) is 9.07. The van der Waals surface area contributed by atoms with Crippen molar-refractivity contribution in [1.82, 2.24) is 4.90 Å². The minimum Gasteiger partial charge on any atom is -0.478 e. The van der Waals surface area contributed by atoms with E-state index in [2.05, 4.69) is 0 Å². The topological polar surface area (TPSA) is 49.8 Å². The summed E-state index contributed by atoms with van der Waals surface area (Å²) in [7, 11) is 0. The number of ether oxygens (including phenoxy) is 1. The molecular weight excluding hydrogens is 278 g/mol. The summed E-state index contributed by atoms with van der Waals surface area (Å²) in [6.07, 6.45) is -0.00335. The molecule has 1 saturated heterocycles. The molecule has 0 unspecified atom stereocenters. The van der Waals surface area contributed by atoms with Crippen LogP contribution in [-0.2, 0) is 4.79 Å². The van der Waals surface area contributed by atoms with Gasteiger partial charge in [-0.3, -0.25) is 4.79 Å². The molecule has 0 aromatic heterocycles. The van der Waals surface area contributed by atoms with E-state index in [9.17, 15) is 4.79 Å². The van der Waals surface area contributed by atoms with Crippen LogP contribution in [0.25, 0.3) is 0 Å². The van der Waals surface area contributed by atoms with Gasteiger partial charge in [0.15, 0.2) is 6.10 Å². The number of para-hydroxylation sites is 1. The fourth-order valence-electron chi connectivity index (χ4n) is 2.50. The Labute approximate surface area is 124 Å². The van der Waals surface area contributed by atoms with Crippen molar-refractivity contribution in [3.8, 4) is 5.75 Å². The van der Waals surface area contributed by atoms with Gasteiger partial charge in [0.2, 0.25) is 0 Å². The molecule has 0 spiro atoms. The first-order valence-corrected chi connectivity index (χ1v) is 7.15. The zero-order valence-electron chi connectivity index (χ0n) is 11.8. The van der Waals surface area contributed by atoms with Gasteiger partial charge in [-0.1, -0.05) is 18.2 Å². The number of alkyl halides is 1. The highest BCUT2D eigenvalue weighted by Gasteiger charge is 2.55. The maximum Gasteiger partial charge on any atom is 0.266 e. The minimum atomic E-state index is -0.581. The van der Waals surface area contributed by atoms with E-state index in [1.165, 1.54) is 0 Å². The molecule has 1 amide bonds. The lowest BCUT2D eigenvalue weighted by Gasteiger charge is -2.51. The molecule has 0 bridgehead atoms. The van der Waals surface area contributed by atoms with Crippen LogP contribution in [0, 0.1) is 0 Å². The lowest BCUT2D eigenvalue weighted by molar-refractivity contribution is -0.166. The number of amides is 1. The van der Waals surface area contributed by atoms with Crippen molar-refractivity contribution in [2.45, 2.75) is 37.3 Å². The molecule has 5 heteroatoms. The predicted octanol–water partition coefficient (Wildman–Crippen LogP) is 2.04. The molecule has 1 aliphatic heterocycles. The number of β-lactam (4-membered cyclic amide) rings is 1. The molecule has 2 atom stereocenters. The van der Waals surface area contributed by atoms with Crippen LogP contribution < -0.4 is 4.74 Å². The quantitative estimate of drug-likeness (QED) is 0.646. The van der Waals surface area contributed by atoms with Crippen LogP contribution in [0.3, 0.4) is 0 Å². The Morgan fingerprint density at radius 3 is 2.55 bits per heavy atom. The standard InChI is InChI=1S/C15H20ClNO3/c1-15(2,16)13-12(14(19)17(13)9-6-10-18)20-11-7-4-3-5-8-11/h3-5,7-8,12-13,18H,6,9-10H2,1-2H3/t12-,13-/m0/s1. The summed E-state index contributed by atoms with van der Waals surface area (Å²) in [5, 5.41) is 8.91. The first-order chi connectivity index (χ1) is 9.45. The number of carbonyl (C=O) groups is 1. The maximum atomic E-state index is 12.2. The third kappa shape index (κ3) is 3.07. The van der Waals surface area contributed by atoms with Crippen molar-refractivity contribution in [3.63, 3.8) is 0 Å². The van der Waals surface area contributed by atoms with E-state index in [1.54, 1.807) is 4.90 Å². The average molecular weight is 298 g/mol. The second-order valence-electron chi connectivity index (χ2n) is 5.47. The number of benzene rings is 1. The second-order valence-corrected chi connectivity index (χ2v) is 6.44. The van der Waals surface area contributed by atoms with E-state index in [4.69, 9.17) is 21.4 Å². The summed E-state index contributed by atoms with van der Waals surface area (Å²) in [6.45, 7) is 4.31. The van der Waals surface area contributed by atoms with Crippen LogP contribution in [-0.4, -0.2) is 46.1 Å². The van der Waals surface area contributed by atoms with Crippen LogP contribution >= 0.6 is 11.6 Å². The van der Waals surface area contributed by atoms with Crippen molar-refractivity contribution in [2.24, 2.45) is 0 Å². The van der Waals surface area contributed by atoms with E-state index in [0.29, 0.717) is 18.7 Å². The zero-order valence-corrected chi connectivity index (χ0v) is 12.5. The summed E-state index contributed by atoms with van der Waals surface area (Å²) < 4.78 is 5.77. The maximum absolute atomic E-state index is 12.2. The Bertz CT molecular complexity index is 458. The Morgan fingerprint density at radius 2 is 2.00 bits per heavy atom. The van der Waals surface area contributed by atoms with E-state index in [-0.39, 0.29) is 18.6 Å². The Morgan fingerprint density at radius 1 is 1.35 bits per heavy atom. The van der Waals surface area contributed by atoms with Crippen LogP contribution in [0.1, 0.15) is 20.3 Å². The Kier molecular flexibility index (Phi) is 4.55. The van der Waals surface area contributed by atoms with Crippen LogP contribution in [0.5, 0.6) is 5.75 Å². The number of rotatable bonds is 6. The van der Waals surface area contributed by atoms with Gasteiger partial charge in [0.1, 0.15) is 5.75 Å². The minimum absolute atomic E-state index is 0.0590. The monoisotopic (exact) mass is 297 g/mol. The van der Waals surface area contributed by atoms with E-state index >= 15 is 0 Å². The fraction of sp³-hybridized carbons (Fsp3) is 0.533. The molecule has 0 aliphatic carbocycles. The Hall–Kier alpha value is -1.26. The molecule has 1 fully saturated rings. The lowest BCUT2D eigenvalue weighted by Crippen LogP contribution is -2.72. The molecule has 1 aromatic carbocycles. The molecule has 1 heterocycles. The number of carbonyl (C=O) groups excluding carboxylic acids is 1. The first-order valence-electron chi connectivity index (χ1n) is 6.77. The molecule has 0 saturated carbocycles. The first kappa shape index (κ1) is 15.1. The predicted molar refractivity (Wildman–Crippen MR) is 78.0 cm³/mol. The molecule has 4 nitrogen and oxygen atoms in total. The van der Waals surface area contributed by atoms with E-state index in [1.807, 2.05) is 44.2 Å². The lowest BCUT2D eigenvalue weighted by atomic mass is 9.87. The van der Waals surface area contributed by atoms with Gasteiger partial charge >= 0.3 is 0 Å². The van der Waals surface area contributed by atoms with Gasteiger partial charge in [-0.15, -0.1) is 11.6 Å². The molecule has 1 aromatic rings. The van der Waals surface area contributed by atoms with Gasteiger partial charge in [0.05, 0.1) is 10.9 Å². The molecule has 1 aliphatic rings. The number of likely N-dealkylation sites (tertiary alicyclic amines) is 1. The number of halogens is 1. The molecule has 20 heavy (non-hydrogen) atoms. The highest BCUT2D eigenvalue weighted by molar-refractivity contribution is 6.24. The van der Waals surface area contributed by atoms with Crippen molar-refractivity contribution < 1.29 is 14.6 Å². The van der Waals surface area contributed by atoms with Gasteiger partial charge in [0.25, 0.3) is 5.91 Å². The van der Waals surface area contributed by atoms with Gasteiger partial charge in [-0.25, -0.2) is 0 Å². The smallest absolute Gasteiger partial charge is 0.266 e. The number of hydrogen-bond donors (Lipinski definition) is 1. The Balaban J connectivity index is 2.10. The zero-order chi connectivity index (χ0) is 14.8. The van der Waals surface area contributed by atoms with Gasteiger partial charge < -0.3 is 14.7 Å². The van der Waals surface area contributed by atoms with Gasteiger partial charge in [-0.2, -0.15) is 0 Å². The number of nitrogens with zero attached hydrogens (tertiary/aromatic N) is 1. The summed E-state index contributed by atoms with van der Waals surface area (Å²) in [5.41, 5.74) is 0. The van der Waals surface area contributed by atoms with E-state index in [0.717, 1.165) is 0 Å². The van der Waals surface area contributed by atoms with Crippen LogP contribution in [0.4, 0.5) is 0 Å². The number of aliphatic hydroxyl groups is 1. The van der Waals surface area contributed by atoms with Gasteiger partial charge in [0, 0.05) is 13.2 Å². The second kappa shape index (κ2) is 6.02. The highest BCUT2D eigenvalue weighted by atomic mass is 35.5. The van der Waals surface area contributed by atoms with Crippen LogP contribution in [0.2, 0.25) is 0 Å². The fourth-order valence-corrected chi connectivity index (χ4v) is 2.73. The van der Waals surface area contributed by atoms with Gasteiger partial charge in [-0.05, 0) is 32.4 Å². The van der Waals surface area contributed by atoms with Crippen molar-refractivity contribution in [3.05, 3.63) is 30.3 Å². The highest BCUT2D eigenvalue weighted by Crippen LogP contribution is 2.36. The molecule has 0 radical (unpaired) electrons. The normalized spacial score (nSPS) is 22.6. The third-order valence-electron chi connectivity index (χ3n) is 3.42. The van der Waals surface area contributed by atoms with E-state index < -0.39 is 11.0 Å². The van der Waals surface area contributed by atoms with Crippen molar-refractivity contribution in [2.75, 3.05) is 13.2 Å². The van der Waals surface area contributed by atoms with Crippen molar-refractivity contribution >= 4 is 17.5 Å². The summed E-state index contributed by atoms with van der Waals surface area (Å²) in [5.74, 6) is 0.597. The molecule has 110 valence electrons.